The van der Waals surface area contributed by atoms with Crippen molar-refractivity contribution in [1.29, 1.82) is 0 Å². The van der Waals surface area contributed by atoms with Gasteiger partial charge in [0.05, 0.1) is 10.5 Å². The van der Waals surface area contributed by atoms with E-state index < -0.39 is 40.0 Å². The van der Waals surface area contributed by atoms with Crippen LogP contribution in [0, 0.1) is 12.8 Å². The standard InChI is InChI=1S/C16H23N3O6S/c1-9(2)13(14(20)18-16(17)22)25-15(21)12-8-11(7-6-10(12)3)26(23,24)19(4)5/h6-9,13H,1-5H3,(H3,17,18,20,22)/t13-/m1/s1. The second-order valence-corrected chi connectivity index (χ2v) is 8.34. The summed E-state index contributed by atoms with van der Waals surface area (Å²) in [6.07, 6.45) is -1.26. The Morgan fingerprint density at radius 1 is 1.19 bits per heavy atom. The van der Waals surface area contributed by atoms with Crippen LogP contribution in [-0.2, 0) is 19.6 Å². The highest BCUT2D eigenvalue weighted by atomic mass is 32.2. The molecule has 0 aliphatic heterocycles. The van der Waals surface area contributed by atoms with E-state index in [0.717, 1.165) is 4.31 Å². The van der Waals surface area contributed by atoms with Gasteiger partial charge in [0.1, 0.15) is 0 Å². The first-order chi connectivity index (χ1) is 11.9. The number of esters is 1. The lowest BCUT2D eigenvalue weighted by Crippen LogP contribution is -2.45. The molecule has 0 unspecified atom stereocenters. The van der Waals surface area contributed by atoms with Crippen LogP contribution >= 0.6 is 0 Å². The highest BCUT2D eigenvalue weighted by Crippen LogP contribution is 2.20. The molecule has 0 heterocycles. The summed E-state index contributed by atoms with van der Waals surface area (Å²) >= 11 is 0. The molecule has 0 bridgehead atoms. The van der Waals surface area contributed by atoms with Gasteiger partial charge in [-0.15, -0.1) is 0 Å². The molecule has 9 nitrogen and oxygen atoms in total. The van der Waals surface area contributed by atoms with Gasteiger partial charge in [0.15, 0.2) is 6.10 Å². The lowest BCUT2D eigenvalue weighted by molar-refractivity contribution is -0.130. The number of carbonyl (C=O) groups is 3. The minimum atomic E-state index is -3.74. The smallest absolute Gasteiger partial charge is 0.339 e. The quantitative estimate of drug-likeness (QED) is 0.689. The SMILES string of the molecule is Cc1ccc(S(=O)(=O)N(C)C)cc1C(=O)O[C@@H](C(=O)NC(N)=O)C(C)C. The van der Waals surface area contributed by atoms with Gasteiger partial charge in [-0.1, -0.05) is 19.9 Å². The second-order valence-electron chi connectivity index (χ2n) is 6.19. The Morgan fingerprint density at radius 2 is 1.77 bits per heavy atom. The summed E-state index contributed by atoms with van der Waals surface area (Å²) in [6.45, 7) is 4.85. The van der Waals surface area contributed by atoms with Crippen molar-refractivity contribution in [2.45, 2.75) is 31.8 Å². The van der Waals surface area contributed by atoms with E-state index in [1.807, 2.05) is 5.32 Å². The topological polar surface area (TPSA) is 136 Å². The van der Waals surface area contributed by atoms with Crippen LogP contribution < -0.4 is 11.1 Å². The third-order valence-electron chi connectivity index (χ3n) is 3.55. The fourth-order valence-corrected chi connectivity index (χ4v) is 2.98. The number of ether oxygens (including phenoxy) is 1. The van der Waals surface area contributed by atoms with Gasteiger partial charge in [0, 0.05) is 14.1 Å². The number of hydrogen-bond acceptors (Lipinski definition) is 6. The molecule has 0 saturated heterocycles. The van der Waals surface area contributed by atoms with Crippen LogP contribution in [0.15, 0.2) is 23.1 Å². The minimum Gasteiger partial charge on any atom is -0.448 e. The van der Waals surface area contributed by atoms with Gasteiger partial charge in [0.2, 0.25) is 10.0 Å². The molecular formula is C16H23N3O6S. The average molecular weight is 385 g/mol. The fraction of sp³-hybridized carbons (Fsp3) is 0.438. The number of hydrogen-bond donors (Lipinski definition) is 2. The number of nitrogens with one attached hydrogen (secondary N) is 1. The normalized spacial score (nSPS) is 12.7. The molecule has 26 heavy (non-hydrogen) atoms. The lowest BCUT2D eigenvalue weighted by atomic mass is 10.1. The van der Waals surface area contributed by atoms with Crippen molar-refractivity contribution < 1.29 is 27.5 Å². The third-order valence-corrected chi connectivity index (χ3v) is 5.36. The zero-order chi connectivity index (χ0) is 20.2. The van der Waals surface area contributed by atoms with Gasteiger partial charge in [-0.25, -0.2) is 22.3 Å². The molecule has 144 valence electrons. The number of carbonyl (C=O) groups excluding carboxylic acids is 3. The molecule has 0 aromatic heterocycles. The first kappa shape index (κ1) is 21.6. The molecule has 3 N–H and O–H groups in total. The monoisotopic (exact) mass is 385 g/mol. The molecule has 1 aromatic carbocycles. The van der Waals surface area contributed by atoms with Crippen LogP contribution in [0.4, 0.5) is 4.79 Å². The number of aryl methyl sites for hydroxylation is 1. The molecule has 0 spiro atoms. The molecular weight excluding hydrogens is 362 g/mol. The van der Waals surface area contributed by atoms with Gasteiger partial charge < -0.3 is 10.5 Å². The maximum absolute atomic E-state index is 12.5. The van der Waals surface area contributed by atoms with E-state index in [4.69, 9.17) is 10.5 Å². The van der Waals surface area contributed by atoms with Gasteiger partial charge in [-0.2, -0.15) is 0 Å². The van der Waals surface area contributed by atoms with Crippen molar-refractivity contribution in [3.8, 4) is 0 Å². The molecule has 1 aromatic rings. The largest absolute Gasteiger partial charge is 0.448 e. The van der Waals surface area contributed by atoms with E-state index in [1.54, 1.807) is 20.8 Å². The number of nitrogens with zero attached hydrogens (tertiary/aromatic N) is 1. The van der Waals surface area contributed by atoms with Crippen molar-refractivity contribution >= 4 is 27.9 Å². The van der Waals surface area contributed by atoms with E-state index in [9.17, 15) is 22.8 Å². The minimum absolute atomic E-state index is 0.00505. The summed E-state index contributed by atoms with van der Waals surface area (Å²) in [6, 6.07) is 2.98. The van der Waals surface area contributed by atoms with Crippen LogP contribution in [-0.4, -0.2) is 50.8 Å². The van der Waals surface area contributed by atoms with E-state index in [0.29, 0.717) is 5.56 Å². The number of imide groups is 1. The van der Waals surface area contributed by atoms with Crippen LogP contribution in [0.1, 0.15) is 29.8 Å². The van der Waals surface area contributed by atoms with Gasteiger partial charge >= 0.3 is 12.0 Å². The molecule has 1 atom stereocenters. The predicted molar refractivity (Wildman–Crippen MR) is 93.8 cm³/mol. The predicted octanol–water partition coefficient (Wildman–Crippen LogP) is 0.622. The first-order valence-electron chi connectivity index (χ1n) is 7.72. The van der Waals surface area contributed by atoms with Crippen molar-refractivity contribution in [2.75, 3.05) is 14.1 Å². The Hall–Kier alpha value is -2.46. The average Bonchev–Trinajstić information content (AvgIpc) is 2.51. The molecule has 10 heteroatoms. The van der Waals surface area contributed by atoms with Crippen LogP contribution in [0.25, 0.3) is 0 Å². The summed E-state index contributed by atoms with van der Waals surface area (Å²) in [5, 5.41) is 1.87. The number of rotatable bonds is 6. The molecule has 0 saturated carbocycles. The van der Waals surface area contributed by atoms with E-state index >= 15 is 0 Å². The Bertz CT molecular complexity index is 817. The summed E-state index contributed by atoms with van der Waals surface area (Å²) < 4.78 is 30.7. The first-order valence-corrected chi connectivity index (χ1v) is 9.16. The van der Waals surface area contributed by atoms with Gasteiger partial charge in [0.25, 0.3) is 5.91 Å². The lowest BCUT2D eigenvalue weighted by Gasteiger charge is -2.20. The van der Waals surface area contributed by atoms with Crippen LogP contribution in [0.2, 0.25) is 0 Å². The molecule has 0 fully saturated rings. The Morgan fingerprint density at radius 3 is 2.23 bits per heavy atom. The Balaban J connectivity index is 3.20. The fourth-order valence-electron chi connectivity index (χ4n) is 2.06. The maximum Gasteiger partial charge on any atom is 0.339 e. The zero-order valence-corrected chi connectivity index (χ0v) is 16.1. The number of sulfonamides is 1. The number of nitrogens with two attached hydrogens (primary N) is 1. The number of primary amides is 1. The third kappa shape index (κ3) is 5.02. The van der Waals surface area contributed by atoms with Crippen molar-refractivity contribution in [3.05, 3.63) is 29.3 Å². The Kier molecular flexibility index (Phi) is 6.87. The van der Waals surface area contributed by atoms with E-state index in [1.165, 1.54) is 32.3 Å². The summed E-state index contributed by atoms with van der Waals surface area (Å²) in [4.78, 5) is 35.2. The van der Waals surface area contributed by atoms with Crippen molar-refractivity contribution in [1.82, 2.24) is 9.62 Å². The van der Waals surface area contributed by atoms with Crippen molar-refractivity contribution in [3.63, 3.8) is 0 Å². The number of amides is 3. The Labute approximate surface area is 152 Å². The maximum atomic E-state index is 12.5. The summed E-state index contributed by atoms with van der Waals surface area (Å²) in [7, 11) is -0.999. The number of benzene rings is 1. The molecule has 0 radical (unpaired) electrons. The molecule has 0 aliphatic carbocycles. The molecule has 0 aliphatic rings. The second kappa shape index (κ2) is 8.28. The molecule has 3 amide bonds. The van der Waals surface area contributed by atoms with Crippen molar-refractivity contribution in [2.24, 2.45) is 11.7 Å². The summed E-state index contributed by atoms with van der Waals surface area (Å²) in [5.74, 6) is -2.17. The van der Waals surface area contributed by atoms with Crippen LogP contribution in [0.5, 0.6) is 0 Å². The highest BCUT2D eigenvalue weighted by molar-refractivity contribution is 7.89. The van der Waals surface area contributed by atoms with Crippen LogP contribution in [0.3, 0.4) is 0 Å². The zero-order valence-electron chi connectivity index (χ0n) is 15.3. The van der Waals surface area contributed by atoms with Gasteiger partial charge in [-0.3, -0.25) is 10.1 Å². The summed E-state index contributed by atoms with van der Waals surface area (Å²) in [5.41, 5.74) is 5.39. The highest BCUT2D eigenvalue weighted by Gasteiger charge is 2.29. The van der Waals surface area contributed by atoms with E-state index in [-0.39, 0.29) is 10.5 Å². The van der Waals surface area contributed by atoms with Gasteiger partial charge in [-0.05, 0) is 30.5 Å². The van der Waals surface area contributed by atoms with E-state index in [2.05, 4.69) is 0 Å². The molecule has 1 rings (SSSR count). The number of urea groups is 1.